The lowest BCUT2D eigenvalue weighted by molar-refractivity contribution is 0.612. The first kappa shape index (κ1) is 20.1. The number of aromatic nitrogens is 2. The molecular weight excluding hydrogens is 387 g/mol. The number of hydrogen-bond donors (Lipinski definition) is 2. The number of fused-ring (bicyclic) bond motifs is 1. The fourth-order valence-corrected chi connectivity index (χ4v) is 5.23. The summed E-state index contributed by atoms with van der Waals surface area (Å²) in [4.78, 5) is 16.8. The molecule has 1 saturated heterocycles. The predicted octanol–water partition coefficient (Wildman–Crippen LogP) is 2.93. The van der Waals surface area contributed by atoms with E-state index in [1.54, 1.807) is 19.3 Å². The average Bonchev–Trinajstić information content (AvgIpc) is 3.37. The van der Waals surface area contributed by atoms with E-state index >= 15 is 0 Å². The van der Waals surface area contributed by atoms with Gasteiger partial charge in [-0.25, -0.2) is 14.4 Å². The summed E-state index contributed by atoms with van der Waals surface area (Å²) in [6, 6.07) is 3.31. The Hall–Kier alpha value is -2.22. The number of anilines is 1. The first-order chi connectivity index (χ1) is 14.2. The second-order valence-electron chi connectivity index (χ2n) is 7.67. The molecule has 6 nitrogen and oxygen atoms in total. The fraction of sp³-hybridized carbons (Fsp3) is 0.571. The van der Waals surface area contributed by atoms with Gasteiger partial charge in [0.25, 0.3) is 0 Å². The van der Waals surface area contributed by atoms with E-state index in [2.05, 4.69) is 20.6 Å². The third-order valence-electron chi connectivity index (χ3n) is 5.54. The molecule has 1 atom stereocenters. The summed E-state index contributed by atoms with van der Waals surface area (Å²) in [7, 11) is 1.79. The minimum absolute atomic E-state index is 0.230. The molecule has 8 heteroatoms. The average molecular weight is 417 g/mol. The van der Waals surface area contributed by atoms with Gasteiger partial charge in [-0.1, -0.05) is 0 Å². The minimum Gasteiger partial charge on any atom is -0.356 e. The summed E-state index contributed by atoms with van der Waals surface area (Å²) in [6.07, 6.45) is 9.57. The molecule has 3 heterocycles. The van der Waals surface area contributed by atoms with E-state index in [1.165, 1.54) is 40.9 Å². The number of halogens is 1. The van der Waals surface area contributed by atoms with Crippen LogP contribution < -0.4 is 15.5 Å². The van der Waals surface area contributed by atoms with Gasteiger partial charge in [-0.15, -0.1) is 11.3 Å². The lowest BCUT2D eigenvalue weighted by Gasteiger charge is -2.19. The molecule has 0 radical (unpaired) electrons. The molecule has 1 fully saturated rings. The topological polar surface area (TPSA) is 65.4 Å². The van der Waals surface area contributed by atoms with Gasteiger partial charge in [0.1, 0.15) is 0 Å². The van der Waals surface area contributed by atoms with E-state index in [1.807, 2.05) is 16.2 Å². The maximum Gasteiger partial charge on any atom is 0.191 e. The zero-order valence-electron chi connectivity index (χ0n) is 17.0. The summed E-state index contributed by atoms with van der Waals surface area (Å²) < 4.78 is 14.0. The second kappa shape index (κ2) is 9.52. The highest BCUT2D eigenvalue weighted by molar-refractivity contribution is 7.11. The van der Waals surface area contributed by atoms with Gasteiger partial charge >= 0.3 is 0 Å². The molecule has 2 aromatic rings. The van der Waals surface area contributed by atoms with Gasteiger partial charge in [0.2, 0.25) is 0 Å². The lowest BCUT2D eigenvalue weighted by Crippen LogP contribution is -2.45. The van der Waals surface area contributed by atoms with Crippen LogP contribution in [0.5, 0.6) is 0 Å². The van der Waals surface area contributed by atoms with Gasteiger partial charge in [0.15, 0.2) is 17.6 Å². The number of aliphatic imine (C=N–C) groups is 1. The summed E-state index contributed by atoms with van der Waals surface area (Å²) in [5.74, 6) is 0.974. The summed E-state index contributed by atoms with van der Waals surface area (Å²) in [6.45, 7) is 2.37. The molecule has 0 amide bonds. The number of nitrogens with one attached hydrogen (secondary N) is 2. The van der Waals surface area contributed by atoms with Crippen LogP contribution in [0, 0.1) is 5.82 Å². The molecule has 2 aromatic heterocycles. The van der Waals surface area contributed by atoms with Gasteiger partial charge in [-0.3, -0.25) is 4.99 Å². The van der Waals surface area contributed by atoms with Crippen molar-refractivity contribution < 1.29 is 4.39 Å². The van der Waals surface area contributed by atoms with Crippen LogP contribution in [0.25, 0.3) is 0 Å². The molecule has 2 aliphatic rings. The number of pyridine rings is 1. The minimum atomic E-state index is -0.264. The van der Waals surface area contributed by atoms with Crippen molar-refractivity contribution in [3.8, 4) is 0 Å². The molecule has 0 saturated carbocycles. The Labute approximate surface area is 175 Å². The Balaban J connectivity index is 1.20. The van der Waals surface area contributed by atoms with Gasteiger partial charge in [0.05, 0.1) is 10.7 Å². The van der Waals surface area contributed by atoms with Gasteiger partial charge < -0.3 is 15.5 Å². The third-order valence-corrected chi connectivity index (χ3v) is 6.76. The standard InChI is InChI=1S/C21H29FN6S/c1-23-21(25-12-5-9-19-27-17-7-2-3-8-18(17)29-19)26-15-10-13-28(14-15)20-16(22)6-4-11-24-20/h4,6,11,15H,2-3,5,7-10,12-14H2,1H3,(H2,23,25,26). The third kappa shape index (κ3) is 5.04. The van der Waals surface area contributed by atoms with Crippen LogP contribution in [-0.2, 0) is 19.3 Å². The molecule has 1 unspecified atom stereocenters. The molecule has 2 N–H and O–H groups in total. The number of thiazole rings is 1. The maximum atomic E-state index is 14.0. The van der Waals surface area contributed by atoms with E-state index in [4.69, 9.17) is 4.98 Å². The Morgan fingerprint density at radius 3 is 3.10 bits per heavy atom. The van der Waals surface area contributed by atoms with Crippen molar-refractivity contribution in [2.24, 2.45) is 4.99 Å². The number of guanidine groups is 1. The van der Waals surface area contributed by atoms with E-state index < -0.39 is 0 Å². The highest BCUT2D eigenvalue weighted by Crippen LogP contribution is 2.27. The molecule has 0 spiro atoms. The number of aryl methyl sites for hydroxylation is 3. The van der Waals surface area contributed by atoms with Crippen LogP contribution in [0.15, 0.2) is 23.3 Å². The van der Waals surface area contributed by atoms with E-state index in [9.17, 15) is 4.39 Å². The highest BCUT2D eigenvalue weighted by atomic mass is 32.1. The van der Waals surface area contributed by atoms with Crippen molar-refractivity contribution in [3.05, 3.63) is 39.7 Å². The highest BCUT2D eigenvalue weighted by Gasteiger charge is 2.25. The Morgan fingerprint density at radius 1 is 1.38 bits per heavy atom. The Bertz CT molecular complexity index is 828. The summed E-state index contributed by atoms with van der Waals surface area (Å²) in [5, 5.41) is 8.13. The maximum absolute atomic E-state index is 14.0. The van der Waals surface area contributed by atoms with Crippen LogP contribution in [-0.4, -0.2) is 48.7 Å². The monoisotopic (exact) mass is 416 g/mol. The summed E-state index contributed by atoms with van der Waals surface area (Å²) in [5.41, 5.74) is 1.34. The lowest BCUT2D eigenvalue weighted by atomic mass is 10.0. The first-order valence-electron chi connectivity index (χ1n) is 10.5. The molecule has 4 rings (SSSR count). The molecular formula is C21H29FN6S. The van der Waals surface area contributed by atoms with Crippen LogP contribution in [0.4, 0.5) is 10.2 Å². The van der Waals surface area contributed by atoms with Crippen LogP contribution >= 0.6 is 11.3 Å². The molecule has 156 valence electrons. The fourth-order valence-electron chi connectivity index (χ4n) is 4.03. The second-order valence-corrected chi connectivity index (χ2v) is 8.84. The van der Waals surface area contributed by atoms with Crippen molar-refractivity contribution in [3.63, 3.8) is 0 Å². The van der Waals surface area contributed by atoms with E-state index in [0.29, 0.717) is 5.82 Å². The van der Waals surface area contributed by atoms with E-state index in [-0.39, 0.29) is 11.9 Å². The van der Waals surface area contributed by atoms with Crippen LogP contribution in [0.1, 0.15) is 41.3 Å². The molecule has 0 aromatic carbocycles. The van der Waals surface area contributed by atoms with Crippen molar-refractivity contribution in [2.45, 2.75) is 51.0 Å². The molecule has 1 aliphatic carbocycles. The van der Waals surface area contributed by atoms with Crippen LogP contribution in [0.2, 0.25) is 0 Å². The normalized spacial score (nSPS) is 19.3. The SMILES string of the molecule is CN=C(NCCCc1nc2c(s1)CCCC2)NC1CCN(c2ncccc2F)C1. The van der Waals surface area contributed by atoms with Crippen molar-refractivity contribution in [2.75, 3.05) is 31.6 Å². The zero-order valence-corrected chi connectivity index (χ0v) is 17.8. The molecule has 0 bridgehead atoms. The Kier molecular flexibility index (Phi) is 6.59. The zero-order chi connectivity index (χ0) is 20.1. The number of nitrogens with zero attached hydrogens (tertiary/aromatic N) is 4. The van der Waals surface area contributed by atoms with Gasteiger partial charge in [-0.05, 0) is 50.7 Å². The Morgan fingerprint density at radius 2 is 2.28 bits per heavy atom. The largest absolute Gasteiger partial charge is 0.356 e. The van der Waals surface area contributed by atoms with Crippen molar-refractivity contribution in [1.29, 1.82) is 0 Å². The number of rotatable bonds is 6. The van der Waals surface area contributed by atoms with Gasteiger partial charge in [0, 0.05) is 50.2 Å². The van der Waals surface area contributed by atoms with Crippen molar-refractivity contribution >= 4 is 23.1 Å². The molecule has 1 aliphatic heterocycles. The smallest absolute Gasteiger partial charge is 0.191 e. The number of hydrogen-bond acceptors (Lipinski definition) is 5. The van der Waals surface area contributed by atoms with Crippen LogP contribution in [0.3, 0.4) is 0 Å². The molecule has 29 heavy (non-hydrogen) atoms. The first-order valence-corrected chi connectivity index (χ1v) is 11.3. The quantitative estimate of drug-likeness (QED) is 0.431. The van der Waals surface area contributed by atoms with Crippen molar-refractivity contribution in [1.82, 2.24) is 20.6 Å². The summed E-state index contributed by atoms with van der Waals surface area (Å²) >= 11 is 1.90. The van der Waals surface area contributed by atoms with Gasteiger partial charge in [-0.2, -0.15) is 0 Å². The predicted molar refractivity (Wildman–Crippen MR) is 116 cm³/mol. The van der Waals surface area contributed by atoms with E-state index in [0.717, 1.165) is 51.3 Å².